The molecule has 7 aromatic carbocycles. The first-order valence-corrected chi connectivity index (χ1v) is 16.5. The van der Waals surface area contributed by atoms with Crippen molar-refractivity contribution < 1.29 is 4.74 Å². The molecule has 0 fully saturated rings. The van der Waals surface area contributed by atoms with Crippen molar-refractivity contribution in [3.05, 3.63) is 209 Å². The second-order valence-electron chi connectivity index (χ2n) is 12.7. The van der Waals surface area contributed by atoms with Gasteiger partial charge < -0.3 is 10.1 Å². The Hall–Kier alpha value is -6.19. The van der Waals surface area contributed by atoms with E-state index in [4.69, 9.17) is 9.73 Å². The number of nitrogens with zero attached hydrogens (tertiary/aromatic N) is 1. The lowest BCUT2D eigenvalue weighted by atomic mass is 9.66. The normalized spacial score (nSPS) is 15.9. The maximum absolute atomic E-state index is 6.64. The van der Waals surface area contributed by atoms with Gasteiger partial charge in [0.05, 0.1) is 11.1 Å². The van der Waals surface area contributed by atoms with E-state index >= 15 is 0 Å². The molecule has 0 bridgehead atoms. The van der Waals surface area contributed by atoms with Gasteiger partial charge in [-0.05, 0) is 63.2 Å². The van der Waals surface area contributed by atoms with E-state index in [0.29, 0.717) is 0 Å². The van der Waals surface area contributed by atoms with E-state index in [0.717, 1.165) is 50.7 Å². The van der Waals surface area contributed by atoms with Gasteiger partial charge in [-0.25, -0.2) is 0 Å². The lowest BCUT2D eigenvalue weighted by Crippen LogP contribution is -2.32. The van der Waals surface area contributed by atoms with Gasteiger partial charge in [-0.15, -0.1) is 0 Å². The topological polar surface area (TPSA) is 33.6 Å². The molecule has 3 nitrogen and oxygen atoms in total. The fourth-order valence-corrected chi connectivity index (χ4v) is 8.07. The molecule has 0 aromatic heterocycles. The third-order valence-electron chi connectivity index (χ3n) is 10.2. The Labute approximate surface area is 279 Å². The zero-order valence-electron chi connectivity index (χ0n) is 26.1. The van der Waals surface area contributed by atoms with Crippen LogP contribution in [0.4, 0.5) is 5.69 Å². The molecule has 226 valence electrons. The number of anilines is 1. The molecule has 10 rings (SSSR count). The second kappa shape index (κ2) is 10.4. The highest BCUT2D eigenvalue weighted by Gasteiger charge is 2.50. The third kappa shape index (κ3) is 3.85. The van der Waals surface area contributed by atoms with Crippen molar-refractivity contribution in [1.29, 1.82) is 0 Å². The fraction of sp³-hybridized carbons (Fsp3) is 0.0444. The molecule has 1 spiro atoms. The molecule has 2 heterocycles. The van der Waals surface area contributed by atoms with Crippen molar-refractivity contribution in [3.8, 4) is 33.8 Å². The van der Waals surface area contributed by atoms with Crippen molar-refractivity contribution in [1.82, 2.24) is 0 Å². The van der Waals surface area contributed by atoms with Gasteiger partial charge in [0.25, 0.3) is 0 Å². The number of ether oxygens (including phenoxy) is 1. The average Bonchev–Trinajstić information content (AvgIpc) is 3.45. The Bertz CT molecular complexity index is 2360. The number of hydrogen-bond donors (Lipinski definition) is 1. The lowest BCUT2D eigenvalue weighted by Gasteiger charge is -2.39. The molecule has 2 aliphatic heterocycles. The van der Waals surface area contributed by atoms with Crippen LogP contribution in [0.5, 0.6) is 11.5 Å². The quantitative estimate of drug-likeness (QED) is 0.215. The summed E-state index contributed by atoms with van der Waals surface area (Å²) in [5, 5.41) is 3.62. The summed E-state index contributed by atoms with van der Waals surface area (Å²) in [6.07, 6.45) is -0.146. The molecule has 0 saturated heterocycles. The molecule has 0 radical (unpaired) electrons. The predicted molar refractivity (Wildman–Crippen MR) is 194 cm³/mol. The molecule has 1 atom stereocenters. The Morgan fingerprint density at radius 1 is 0.458 bits per heavy atom. The molecule has 48 heavy (non-hydrogen) atoms. The summed E-state index contributed by atoms with van der Waals surface area (Å²) < 4.78 is 6.64. The number of fused-ring (bicyclic) bond motifs is 10. The van der Waals surface area contributed by atoms with E-state index in [1.165, 1.54) is 33.4 Å². The maximum Gasteiger partial charge on any atom is 0.145 e. The van der Waals surface area contributed by atoms with Gasteiger partial charge in [-0.1, -0.05) is 146 Å². The lowest BCUT2D eigenvalue weighted by molar-refractivity contribution is 0.436. The van der Waals surface area contributed by atoms with Gasteiger partial charge in [0, 0.05) is 27.9 Å². The number of aliphatic imine (C=N–C) groups is 1. The standard InChI is InChI=1S/C45H30N2O/c1-2-12-31(13-3-1)44-46-40-20-10-6-16-35(40)43(47-44)30-24-22-29(23-25-30)32-26-27-42-39(28-32)45(38-19-9-11-21-41(38)48-42)36-17-7-4-14-33(36)34-15-5-8-18-37(34)45/h1-28,44,46H. The van der Waals surface area contributed by atoms with Crippen molar-refractivity contribution in [2.24, 2.45) is 4.99 Å². The van der Waals surface area contributed by atoms with E-state index in [2.05, 4.69) is 169 Å². The highest BCUT2D eigenvalue weighted by molar-refractivity contribution is 6.17. The summed E-state index contributed by atoms with van der Waals surface area (Å²) in [4.78, 5) is 5.22. The molecule has 1 aliphatic carbocycles. The summed E-state index contributed by atoms with van der Waals surface area (Å²) in [7, 11) is 0. The maximum atomic E-state index is 6.64. The first kappa shape index (κ1) is 27.0. The van der Waals surface area contributed by atoms with Crippen LogP contribution in [0.1, 0.15) is 45.1 Å². The summed E-state index contributed by atoms with van der Waals surface area (Å²) in [6.45, 7) is 0. The highest BCUT2D eigenvalue weighted by atomic mass is 16.5. The second-order valence-corrected chi connectivity index (χ2v) is 12.7. The van der Waals surface area contributed by atoms with E-state index in [1.807, 2.05) is 6.07 Å². The monoisotopic (exact) mass is 614 g/mol. The molecule has 1 N–H and O–H groups in total. The Morgan fingerprint density at radius 3 is 1.77 bits per heavy atom. The minimum Gasteiger partial charge on any atom is -0.457 e. The minimum atomic E-state index is -0.479. The van der Waals surface area contributed by atoms with Crippen LogP contribution in [-0.2, 0) is 5.41 Å². The van der Waals surface area contributed by atoms with E-state index in [-0.39, 0.29) is 6.17 Å². The van der Waals surface area contributed by atoms with Crippen LogP contribution >= 0.6 is 0 Å². The predicted octanol–water partition coefficient (Wildman–Crippen LogP) is 10.8. The third-order valence-corrected chi connectivity index (χ3v) is 10.2. The highest BCUT2D eigenvalue weighted by Crippen LogP contribution is 2.62. The summed E-state index contributed by atoms with van der Waals surface area (Å²) in [5.74, 6) is 1.80. The van der Waals surface area contributed by atoms with E-state index in [1.54, 1.807) is 0 Å². The Morgan fingerprint density at radius 2 is 1.02 bits per heavy atom. The van der Waals surface area contributed by atoms with Crippen LogP contribution in [0.25, 0.3) is 22.3 Å². The van der Waals surface area contributed by atoms with Gasteiger partial charge in [0.15, 0.2) is 0 Å². The average molecular weight is 615 g/mol. The summed E-state index contributed by atoms with van der Waals surface area (Å²) >= 11 is 0. The first-order valence-electron chi connectivity index (χ1n) is 16.5. The van der Waals surface area contributed by atoms with Gasteiger partial charge in [0.1, 0.15) is 17.7 Å². The number of para-hydroxylation sites is 2. The Balaban J connectivity index is 1.11. The molecule has 3 aliphatic rings. The van der Waals surface area contributed by atoms with Gasteiger partial charge in [-0.2, -0.15) is 0 Å². The van der Waals surface area contributed by atoms with Crippen LogP contribution in [-0.4, -0.2) is 5.71 Å². The molecule has 1 unspecified atom stereocenters. The van der Waals surface area contributed by atoms with Crippen LogP contribution in [0.2, 0.25) is 0 Å². The van der Waals surface area contributed by atoms with Gasteiger partial charge >= 0.3 is 0 Å². The van der Waals surface area contributed by atoms with Gasteiger partial charge in [0.2, 0.25) is 0 Å². The summed E-state index contributed by atoms with van der Waals surface area (Å²) in [6, 6.07) is 60.7. The van der Waals surface area contributed by atoms with Crippen molar-refractivity contribution in [2.45, 2.75) is 11.6 Å². The molecular weight excluding hydrogens is 585 g/mol. The number of rotatable bonds is 3. The Kier molecular flexibility index (Phi) is 5.85. The van der Waals surface area contributed by atoms with Gasteiger partial charge in [-0.3, -0.25) is 4.99 Å². The van der Waals surface area contributed by atoms with Crippen LogP contribution in [0, 0.1) is 0 Å². The van der Waals surface area contributed by atoms with E-state index < -0.39 is 5.41 Å². The van der Waals surface area contributed by atoms with Crippen LogP contribution in [0.3, 0.4) is 0 Å². The smallest absolute Gasteiger partial charge is 0.145 e. The van der Waals surface area contributed by atoms with Crippen molar-refractivity contribution in [3.63, 3.8) is 0 Å². The minimum absolute atomic E-state index is 0.146. The SMILES string of the molecule is c1ccc(C2N=C(c3ccc(-c4ccc5c(c4)C4(c6ccccc6O5)c5ccccc5-c5ccccc54)cc3)c3ccccc3N2)cc1. The molecule has 0 saturated carbocycles. The zero-order valence-corrected chi connectivity index (χ0v) is 26.1. The van der Waals surface area contributed by atoms with Crippen LogP contribution in [0.15, 0.2) is 175 Å². The largest absolute Gasteiger partial charge is 0.457 e. The number of hydrogen-bond acceptors (Lipinski definition) is 3. The first-order chi connectivity index (χ1) is 23.8. The number of benzene rings is 7. The molecule has 3 heteroatoms. The summed E-state index contributed by atoms with van der Waals surface area (Å²) in [5.41, 5.74) is 14.8. The van der Waals surface area contributed by atoms with E-state index in [9.17, 15) is 0 Å². The molecule has 7 aromatic rings. The fourth-order valence-electron chi connectivity index (χ4n) is 8.07. The van der Waals surface area contributed by atoms with Crippen molar-refractivity contribution >= 4 is 11.4 Å². The van der Waals surface area contributed by atoms with Crippen molar-refractivity contribution in [2.75, 3.05) is 5.32 Å². The number of nitrogens with one attached hydrogen (secondary N) is 1. The zero-order chi connectivity index (χ0) is 31.7. The van der Waals surface area contributed by atoms with Crippen LogP contribution < -0.4 is 10.1 Å². The molecule has 0 amide bonds. The molecular formula is C45H30N2O.